The van der Waals surface area contributed by atoms with Crippen molar-refractivity contribution in [3.05, 3.63) is 47.0 Å². The number of halogens is 1. The van der Waals surface area contributed by atoms with Gasteiger partial charge < -0.3 is 14.8 Å². The fraction of sp³-hybridized carbons (Fsp3) is 0.438. The van der Waals surface area contributed by atoms with E-state index in [0.29, 0.717) is 12.1 Å². The van der Waals surface area contributed by atoms with Crippen molar-refractivity contribution in [3.8, 4) is 0 Å². The third-order valence-electron chi connectivity index (χ3n) is 3.75. The molecule has 1 aromatic heterocycles. The molecule has 4 nitrogen and oxygen atoms in total. The van der Waals surface area contributed by atoms with Gasteiger partial charge >= 0.3 is 0 Å². The summed E-state index contributed by atoms with van der Waals surface area (Å²) < 4.78 is 15.7. The van der Waals surface area contributed by atoms with Crippen LogP contribution in [0.5, 0.6) is 0 Å². The monoisotopic (exact) mass is 290 g/mol. The van der Waals surface area contributed by atoms with Gasteiger partial charge in [0.05, 0.1) is 11.9 Å². The molecule has 2 aromatic rings. The molecule has 0 aliphatic carbocycles. The Bertz CT molecular complexity index is 619. The van der Waals surface area contributed by atoms with Gasteiger partial charge in [-0.2, -0.15) is 0 Å². The van der Waals surface area contributed by atoms with Crippen LogP contribution < -0.4 is 10.2 Å². The Labute approximate surface area is 125 Å². The highest BCUT2D eigenvalue weighted by Gasteiger charge is 2.11. The molecule has 0 aliphatic heterocycles. The van der Waals surface area contributed by atoms with Crippen LogP contribution in [-0.2, 0) is 13.6 Å². The molecular formula is C16H23FN4. The fourth-order valence-electron chi connectivity index (χ4n) is 2.27. The van der Waals surface area contributed by atoms with Crippen molar-refractivity contribution < 1.29 is 4.39 Å². The number of benzene rings is 1. The van der Waals surface area contributed by atoms with Gasteiger partial charge in [-0.1, -0.05) is 12.1 Å². The number of aromatic nitrogens is 2. The van der Waals surface area contributed by atoms with Gasteiger partial charge in [-0.3, -0.25) is 0 Å². The van der Waals surface area contributed by atoms with Crippen LogP contribution in [0.1, 0.15) is 29.8 Å². The van der Waals surface area contributed by atoms with Crippen molar-refractivity contribution in [3.63, 3.8) is 0 Å². The molecule has 5 heteroatoms. The Balaban J connectivity index is 2.04. The molecule has 0 amide bonds. The minimum Gasteiger partial charge on any atom is -0.348 e. The SMILES string of the molecule is Cc1ccc(C(C)NCc2cnc(N(C)C)n2C)cc1F. The van der Waals surface area contributed by atoms with Crippen LogP contribution in [0.2, 0.25) is 0 Å². The van der Waals surface area contributed by atoms with E-state index < -0.39 is 0 Å². The lowest BCUT2D eigenvalue weighted by molar-refractivity contribution is 0.550. The Morgan fingerprint density at radius 3 is 2.67 bits per heavy atom. The summed E-state index contributed by atoms with van der Waals surface area (Å²) in [6.07, 6.45) is 1.87. The number of imidazole rings is 1. The predicted molar refractivity (Wildman–Crippen MR) is 83.9 cm³/mol. The van der Waals surface area contributed by atoms with Gasteiger partial charge in [-0.15, -0.1) is 0 Å². The molecule has 0 fully saturated rings. The van der Waals surface area contributed by atoms with Crippen LogP contribution in [0, 0.1) is 12.7 Å². The highest BCUT2D eigenvalue weighted by atomic mass is 19.1. The first-order valence-electron chi connectivity index (χ1n) is 7.07. The normalized spacial score (nSPS) is 12.5. The average molecular weight is 290 g/mol. The lowest BCUT2D eigenvalue weighted by Gasteiger charge is -2.16. The fourth-order valence-corrected chi connectivity index (χ4v) is 2.27. The number of hydrogen-bond donors (Lipinski definition) is 1. The van der Waals surface area contributed by atoms with Gasteiger partial charge in [0.15, 0.2) is 0 Å². The smallest absolute Gasteiger partial charge is 0.204 e. The maximum Gasteiger partial charge on any atom is 0.204 e. The number of anilines is 1. The number of nitrogens with zero attached hydrogens (tertiary/aromatic N) is 3. The molecule has 0 bridgehead atoms. The van der Waals surface area contributed by atoms with Crippen LogP contribution in [0.4, 0.5) is 10.3 Å². The van der Waals surface area contributed by atoms with Crippen LogP contribution >= 0.6 is 0 Å². The first-order valence-corrected chi connectivity index (χ1v) is 7.07. The Hall–Kier alpha value is -1.88. The Kier molecular flexibility index (Phi) is 4.63. The summed E-state index contributed by atoms with van der Waals surface area (Å²) >= 11 is 0. The molecule has 1 heterocycles. The summed E-state index contributed by atoms with van der Waals surface area (Å²) in [6, 6.07) is 5.46. The average Bonchev–Trinajstić information content (AvgIpc) is 2.80. The third-order valence-corrected chi connectivity index (χ3v) is 3.75. The largest absolute Gasteiger partial charge is 0.348 e. The van der Waals surface area contributed by atoms with E-state index in [1.54, 1.807) is 13.0 Å². The van der Waals surface area contributed by atoms with Crippen molar-refractivity contribution in [1.82, 2.24) is 14.9 Å². The second-order valence-electron chi connectivity index (χ2n) is 5.61. The second-order valence-corrected chi connectivity index (χ2v) is 5.61. The molecular weight excluding hydrogens is 267 g/mol. The van der Waals surface area contributed by atoms with E-state index in [1.165, 1.54) is 0 Å². The topological polar surface area (TPSA) is 33.1 Å². The minimum atomic E-state index is -0.156. The number of hydrogen-bond acceptors (Lipinski definition) is 3. The van der Waals surface area contributed by atoms with E-state index in [-0.39, 0.29) is 11.9 Å². The molecule has 0 saturated heterocycles. The first kappa shape index (κ1) is 15.5. The van der Waals surface area contributed by atoms with Crippen LogP contribution in [0.3, 0.4) is 0 Å². The number of aryl methyl sites for hydroxylation is 1. The van der Waals surface area contributed by atoms with E-state index in [4.69, 9.17) is 0 Å². The summed E-state index contributed by atoms with van der Waals surface area (Å²) in [5, 5.41) is 3.41. The molecule has 1 unspecified atom stereocenters. The van der Waals surface area contributed by atoms with Gasteiger partial charge in [-0.25, -0.2) is 9.37 Å². The van der Waals surface area contributed by atoms with Crippen LogP contribution in [0.25, 0.3) is 0 Å². The Morgan fingerprint density at radius 2 is 2.10 bits per heavy atom. The zero-order valence-electron chi connectivity index (χ0n) is 13.3. The van der Waals surface area contributed by atoms with Gasteiger partial charge in [0, 0.05) is 33.7 Å². The number of nitrogens with one attached hydrogen (secondary N) is 1. The molecule has 21 heavy (non-hydrogen) atoms. The molecule has 0 radical (unpaired) electrons. The van der Waals surface area contributed by atoms with E-state index >= 15 is 0 Å². The van der Waals surface area contributed by atoms with E-state index in [2.05, 4.69) is 14.9 Å². The van der Waals surface area contributed by atoms with Gasteiger partial charge in [0.1, 0.15) is 5.82 Å². The van der Waals surface area contributed by atoms with Crippen molar-refractivity contribution in [2.75, 3.05) is 19.0 Å². The molecule has 114 valence electrons. The van der Waals surface area contributed by atoms with Crippen molar-refractivity contribution in [1.29, 1.82) is 0 Å². The van der Waals surface area contributed by atoms with E-state index in [0.717, 1.165) is 17.2 Å². The zero-order valence-corrected chi connectivity index (χ0v) is 13.3. The summed E-state index contributed by atoms with van der Waals surface area (Å²) in [6.45, 7) is 4.50. The van der Waals surface area contributed by atoms with Gasteiger partial charge in [0.2, 0.25) is 5.95 Å². The van der Waals surface area contributed by atoms with Gasteiger partial charge in [0.25, 0.3) is 0 Å². The minimum absolute atomic E-state index is 0.0813. The van der Waals surface area contributed by atoms with Crippen LogP contribution in [0.15, 0.2) is 24.4 Å². The standard InChI is InChI=1S/C16H23FN4/c1-11-6-7-13(8-15(11)17)12(2)18-9-14-10-19-16(20(3)4)21(14)5/h6-8,10,12,18H,9H2,1-5H3. The van der Waals surface area contributed by atoms with E-state index in [1.807, 2.05) is 51.3 Å². The molecule has 1 N–H and O–H groups in total. The molecule has 0 aliphatic rings. The van der Waals surface area contributed by atoms with Crippen LogP contribution in [-0.4, -0.2) is 23.6 Å². The number of rotatable bonds is 5. The molecule has 0 saturated carbocycles. The summed E-state index contributed by atoms with van der Waals surface area (Å²) in [7, 11) is 5.93. The highest BCUT2D eigenvalue weighted by molar-refractivity contribution is 5.31. The van der Waals surface area contributed by atoms with E-state index in [9.17, 15) is 4.39 Å². The molecule has 1 atom stereocenters. The van der Waals surface area contributed by atoms with Crippen molar-refractivity contribution >= 4 is 5.95 Å². The molecule has 1 aromatic carbocycles. The first-order chi connectivity index (χ1) is 9.90. The highest BCUT2D eigenvalue weighted by Crippen LogP contribution is 2.17. The van der Waals surface area contributed by atoms with Gasteiger partial charge in [-0.05, 0) is 31.0 Å². The summed E-state index contributed by atoms with van der Waals surface area (Å²) in [4.78, 5) is 6.36. The predicted octanol–water partition coefficient (Wildman–Crippen LogP) is 2.78. The lowest BCUT2D eigenvalue weighted by Crippen LogP contribution is -2.21. The summed E-state index contributed by atoms with van der Waals surface area (Å²) in [5.41, 5.74) is 2.72. The lowest BCUT2D eigenvalue weighted by atomic mass is 10.1. The quantitative estimate of drug-likeness (QED) is 0.919. The maximum absolute atomic E-state index is 13.6. The summed E-state index contributed by atoms with van der Waals surface area (Å²) in [5.74, 6) is 0.761. The molecule has 2 rings (SSSR count). The Morgan fingerprint density at radius 1 is 1.38 bits per heavy atom. The maximum atomic E-state index is 13.6. The second kappa shape index (κ2) is 6.26. The zero-order chi connectivity index (χ0) is 15.6. The third kappa shape index (κ3) is 3.42. The van der Waals surface area contributed by atoms with Crippen molar-refractivity contribution in [2.45, 2.75) is 26.4 Å². The van der Waals surface area contributed by atoms with Crippen molar-refractivity contribution in [2.24, 2.45) is 7.05 Å². The molecule has 0 spiro atoms.